The Bertz CT molecular complexity index is 402. The molecule has 0 heterocycles. The van der Waals surface area contributed by atoms with Crippen molar-refractivity contribution in [2.75, 3.05) is 26.8 Å². The lowest BCUT2D eigenvalue weighted by Gasteiger charge is -2.07. The first kappa shape index (κ1) is 15.1. The van der Waals surface area contributed by atoms with E-state index in [2.05, 4.69) is 26.6 Å². The number of nitrogens with one attached hydrogen (secondary N) is 2. The summed E-state index contributed by atoms with van der Waals surface area (Å²) in [5, 5.41) is 5.55. The minimum absolute atomic E-state index is 0.135. The summed E-state index contributed by atoms with van der Waals surface area (Å²) in [6, 6.07) is 4.84. The summed E-state index contributed by atoms with van der Waals surface area (Å²) < 4.78 is 18.9. The molecule has 1 amide bonds. The van der Waals surface area contributed by atoms with Crippen molar-refractivity contribution in [3.63, 3.8) is 0 Å². The summed E-state index contributed by atoms with van der Waals surface area (Å²) in [7, 11) is 1.57. The van der Waals surface area contributed by atoms with E-state index in [0.717, 1.165) is 0 Å². The molecule has 1 aromatic rings. The lowest BCUT2D eigenvalue weighted by Crippen LogP contribution is -2.35. The van der Waals surface area contributed by atoms with Gasteiger partial charge in [0.05, 0.1) is 13.2 Å². The van der Waals surface area contributed by atoms with E-state index in [-0.39, 0.29) is 18.3 Å². The van der Waals surface area contributed by atoms with E-state index in [1.165, 1.54) is 6.07 Å². The largest absolute Gasteiger partial charge is 0.383 e. The van der Waals surface area contributed by atoms with Crippen LogP contribution in [0.4, 0.5) is 4.39 Å². The molecule has 4 nitrogen and oxygen atoms in total. The Morgan fingerprint density at radius 2 is 2.28 bits per heavy atom. The van der Waals surface area contributed by atoms with Gasteiger partial charge in [-0.25, -0.2) is 4.39 Å². The Morgan fingerprint density at radius 3 is 2.94 bits per heavy atom. The van der Waals surface area contributed by atoms with Gasteiger partial charge in [-0.2, -0.15) is 0 Å². The summed E-state index contributed by atoms with van der Waals surface area (Å²) in [6.45, 7) is 1.42. The molecule has 0 aliphatic rings. The maximum Gasteiger partial charge on any atom is 0.234 e. The van der Waals surface area contributed by atoms with E-state index < -0.39 is 0 Å². The Hall–Kier alpha value is -0.980. The lowest BCUT2D eigenvalue weighted by molar-refractivity contribution is -0.120. The number of benzene rings is 1. The van der Waals surface area contributed by atoms with Crippen LogP contribution < -0.4 is 10.6 Å². The summed E-state index contributed by atoms with van der Waals surface area (Å²) in [5.74, 6) is -0.429. The molecule has 0 radical (unpaired) electrons. The van der Waals surface area contributed by atoms with E-state index in [4.69, 9.17) is 4.74 Å². The Kier molecular flexibility index (Phi) is 6.85. The molecule has 2 N–H and O–H groups in total. The fourth-order valence-corrected chi connectivity index (χ4v) is 1.66. The minimum atomic E-state index is -0.295. The number of rotatable bonds is 7. The fraction of sp³-hybridized carbons (Fsp3) is 0.417. The van der Waals surface area contributed by atoms with Crippen molar-refractivity contribution in [3.8, 4) is 0 Å². The molecule has 0 aromatic heterocycles. The van der Waals surface area contributed by atoms with E-state index >= 15 is 0 Å². The third kappa shape index (κ3) is 5.57. The number of carbonyl (C=O) groups excluding carboxylic acids is 1. The molecule has 0 fully saturated rings. The van der Waals surface area contributed by atoms with Crippen LogP contribution in [0.5, 0.6) is 0 Å². The van der Waals surface area contributed by atoms with Crippen LogP contribution in [0.2, 0.25) is 0 Å². The van der Waals surface area contributed by atoms with Crippen molar-refractivity contribution in [2.45, 2.75) is 6.54 Å². The van der Waals surface area contributed by atoms with E-state index in [1.807, 2.05) is 0 Å². The number of carbonyl (C=O) groups is 1. The number of halogens is 2. The second-order valence-electron chi connectivity index (χ2n) is 3.68. The third-order valence-corrected chi connectivity index (χ3v) is 2.74. The fourth-order valence-electron chi connectivity index (χ4n) is 1.33. The van der Waals surface area contributed by atoms with E-state index in [0.29, 0.717) is 29.7 Å². The van der Waals surface area contributed by atoms with E-state index in [1.54, 1.807) is 19.2 Å². The lowest BCUT2D eigenvalue weighted by atomic mass is 10.2. The van der Waals surface area contributed by atoms with Crippen molar-refractivity contribution >= 4 is 21.8 Å². The number of hydrogen-bond acceptors (Lipinski definition) is 3. The van der Waals surface area contributed by atoms with Crippen molar-refractivity contribution in [2.24, 2.45) is 0 Å². The van der Waals surface area contributed by atoms with Crippen molar-refractivity contribution in [1.29, 1.82) is 0 Å². The maximum atomic E-state index is 13.4. The van der Waals surface area contributed by atoms with Crippen LogP contribution in [0.3, 0.4) is 0 Å². The Morgan fingerprint density at radius 1 is 1.50 bits per heavy atom. The molecular formula is C12H16BrFN2O2. The topological polar surface area (TPSA) is 50.4 Å². The molecule has 0 atom stereocenters. The summed E-state index contributed by atoms with van der Waals surface area (Å²) >= 11 is 3.19. The van der Waals surface area contributed by atoms with Gasteiger partial charge in [0.2, 0.25) is 5.91 Å². The average molecular weight is 319 g/mol. The standard InChI is InChI=1S/C12H16BrFN2O2/c1-18-5-4-16-12(17)8-15-7-9-2-3-10(13)6-11(9)14/h2-3,6,15H,4-5,7-8H2,1H3,(H,16,17). The van der Waals surface area contributed by atoms with Gasteiger partial charge in [0.25, 0.3) is 0 Å². The average Bonchev–Trinajstić information content (AvgIpc) is 2.32. The van der Waals surface area contributed by atoms with Crippen LogP contribution in [0.1, 0.15) is 5.56 Å². The zero-order valence-electron chi connectivity index (χ0n) is 10.1. The molecule has 0 aliphatic carbocycles. The Labute approximate surface area is 114 Å². The van der Waals surface area contributed by atoms with Gasteiger partial charge in [-0.05, 0) is 12.1 Å². The number of hydrogen-bond donors (Lipinski definition) is 2. The van der Waals surface area contributed by atoms with Crippen LogP contribution >= 0.6 is 15.9 Å². The molecule has 100 valence electrons. The van der Waals surface area contributed by atoms with E-state index in [9.17, 15) is 9.18 Å². The van der Waals surface area contributed by atoms with Crippen molar-refractivity contribution in [1.82, 2.24) is 10.6 Å². The molecule has 6 heteroatoms. The third-order valence-electron chi connectivity index (χ3n) is 2.24. The molecule has 0 unspecified atom stereocenters. The summed E-state index contributed by atoms with van der Waals surface area (Å²) in [5.41, 5.74) is 0.530. The molecule has 1 aromatic carbocycles. The molecular weight excluding hydrogens is 303 g/mol. The first-order valence-corrected chi connectivity index (χ1v) is 6.33. The van der Waals surface area contributed by atoms with Crippen molar-refractivity contribution < 1.29 is 13.9 Å². The SMILES string of the molecule is COCCNC(=O)CNCc1ccc(Br)cc1F. The molecule has 0 saturated carbocycles. The smallest absolute Gasteiger partial charge is 0.234 e. The monoisotopic (exact) mass is 318 g/mol. The molecule has 0 bridgehead atoms. The van der Waals surface area contributed by atoms with Gasteiger partial charge in [-0.15, -0.1) is 0 Å². The van der Waals surface area contributed by atoms with Gasteiger partial charge in [0.15, 0.2) is 0 Å². The Balaban J connectivity index is 2.26. The highest BCUT2D eigenvalue weighted by Crippen LogP contribution is 2.14. The second kappa shape index (κ2) is 8.18. The second-order valence-corrected chi connectivity index (χ2v) is 4.60. The zero-order chi connectivity index (χ0) is 13.4. The number of ether oxygens (including phenoxy) is 1. The van der Waals surface area contributed by atoms with Gasteiger partial charge in [-0.3, -0.25) is 4.79 Å². The quantitative estimate of drug-likeness (QED) is 0.748. The van der Waals surface area contributed by atoms with Crippen LogP contribution in [0, 0.1) is 5.82 Å². The molecule has 0 spiro atoms. The van der Waals surface area contributed by atoms with Crippen LogP contribution in [-0.2, 0) is 16.1 Å². The van der Waals surface area contributed by atoms with Crippen LogP contribution in [0.15, 0.2) is 22.7 Å². The van der Waals surface area contributed by atoms with Crippen LogP contribution in [0.25, 0.3) is 0 Å². The first-order chi connectivity index (χ1) is 8.63. The summed E-state index contributed by atoms with van der Waals surface area (Å²) in [6.07, 6.45) is 0. The normalized spacial score (nSPS) is 10.4. The molecule has 0 saturated heterocycles. The highest BCUT2D eigenvalue weighted by atomic mass is 79.9. The predicted octanol–water partition coefficient (Wildman–Crippen LogP) is 1.44. The maximum absolute atomic E-state index is 13.4. The van der Waals surface area contributed by atoms with Gasteiger partial charge in [0.1, 0.15) is 5.82 Å². The van der Waals surface area contributed by atoms with Gasteiger partial charge in [-0.1, -0.05) is 22.0 Å². The minimum Gasteiger partial charge on any atom is -0.383 e. The predicted molar refractivity (Wildman–Crippen MR) is 70.7 cm³/mol. The van der Waals surface area contributed by atoms with Gasteiger partial charge >= 0.3 is 0 Å². The zero-order valence-corrected chi connectivity index (χ0v) is 11.7. The highest BCUT2D eigenvalue weighted by Gasteiger charge is 2.04. The molecule has 0 aliphatic heterocycles. The number of amides is 1. The van der Waals surface area contributed by atoms with Gasteiger partial charge < -0.3 is 15.4 Å². The first-order valence-electron chi connectivity index (χ1n) is 5.53. The van der Waals surface area contributed by atoms with Crippen molar-refractivity contribution in [3.05, 3.63) is 34.1 Å². The van der Waals surface area contributed by atoms with Gasteiger partial charge in [0, 0.05) is 30.2 Å². The summed E-state index contributed by atoms with van der Waals surface area (Å²) in [4.78, 5) is 11.3. The number of methoxy groups -OCH3 is 1. The highest BCUT2D eigenvalue weighted by molar-refractivity contribution is 9.10. The molecule has 1 rings (SSSR count). The van der Waals surface area contributed by atoms with Crippen LogP contribution in [-0.4, -0.2) is 32.7 Å². The molecule has 18 heavy (non-hydrogen) atoms.